The Morgan fingerprint density at radius 1 is 1.42 bits per heavy atom. The molecule has 0 aromatic carbocycles. The number of hydrogen-bond donors (Lipinski definition) is 1. The lowest BCUT2D eigenvalue weighted by Crippen LogP contribution is -2.56. The first-order valence-electron chi connectivity index (χ1n) is 4.45. The van der Waals surface area contributed by atoms with Gasteiger partial charge in [0.2, 0.25) is 0 Å². The van der Waals surface area contributed by atoms with Crippen LogP contribution in [0.15, 0.2) is 0 Å². The third-order valence-electron chi connectivity index (χ3n) is 2.96. The highest BCUT2D eigenvalue weighted by Gasteiger charge is 2.33. The summed E-state index contributed by atoms with van der Waals surface area (Å²) in [5, 5.41) is 3.22. The molecule has 0 aromatic rings. The molecule has 4 heteroatoms. The number of rotatable bonds is 1. The van der Waals surface area contributed by atoms with Gasteiger partial charge in [-0.1, -0.05) is 4.32 Å². The van der Waals surface area contributed by atoms with E-state index in [4.69, 9.17) is 24.8 Å². The molecule has 2 nitrogen and oxygen atoms in total. The quantitative estimate of drug-likeness (QED) is 0.491. The summed E-state index contributed by atoms with van der Waals surface area (Å²) in [6.07, 6.45) is 2.63. The van der Waals surface area contributed by atoms with Crippen LogP contribution < -0.4 is 5.32 Å². The van der Waals surface area contributed by atoms with Crippen molar-refractivity contribution in [1.29, 1.82) is 0 Å². The van der Waals surface area contributed by atoms with E-state index in [-0.39, 0.29) is 0 Å². The van der Waals surface area contributed by atoms with Crippen molar-refractivity contribution < 1.29 is 0 Å². The van der Waals surface area contributed by atoms with Crippen LogP contribution in [0.4, 0.5) is 0 Å². The first kappa shape index (κ1) is 8.66. The highest BCUT2D eigenvalue weighted by atomic mass is 32.1. The summed E-state index contributed by atoms with van der Waals surface area (Å²) in [4.78, 5) is 2.49. The molecule has 0 radical (unpaired) electrons. The van der Waals surface area contributed by atoms with Gasteiger partial charge >= 0.3 is 0 Å². The number of fused-ring (bicyclic) bond motifs is 3. The number of hydrogen-bond acceptors (Lipinski definition) is 3. The van der Waals surface area contributed by atoms with E-state index in [1.165, 1.54) is 25.9 Å². The maximum Gasteiger partial charge on any atom is 0.0402 e. The number of nitrogens with zero attached hydrogens (tertiary/aromatic N) is 1. The monoisotopic (exact) mass is 201 g/mol. The molecule has 3 aliphatic rings. The van der Waals surface area contributed by atoms with Crippen LogP contribution in [0.2, 0.25) is 0 Å². The number of piperidine rings is 3. The minimum Gasteiger partial charge on any atom is -0.412 e. The zero-order chi connectivity index (χ0) is 8.55. The molecule has 0 aromatic heterocycles. The van der Waals surface area contributed by atoms with Gasteiger partial charge in [-0.3, -0.25) is 0 Å². The van der Waals surface area contributed by atoms with Crippen LogP contribution in [-0.2, 0) is 12.6 Å². The molecule has 0 saturated carbocycles. The summed E-state index contributed by atoms with van der Waals surface area (Å²) in [6.45, 7) is 3.68. The van der Waals surface area contributed by atoms with E-state index in [1.807, 2.05) is 0 Å². The van der Waals surface area contributed by atoms with Crippen LogP contribution in [0, 0.1) is 5.92 Å². The number of nitrogens with one attached hydrogen (secondary N) is 1. The fourth-order valence-corrected chi connectivity index (χ4v) is 2.58. The van der Waals surface area contributed by atoms with Crippen molar-refractivity contribution in [3.8, 4) is 0 Å². The van der Waals surface area contributed by atoms with E-state index in [2.05, 4.69) is 10.2 Å². The summed E-state index contributed by atoms with van der Waals surface area (Å²) in [7, 11) is 0. The normalized spacial score (nSPS) is 39.5. The minimum absolute atomic E-state index is 0.536. The zero-order valence-corrected chi connectivity index (χ0v) is 8.59. The van der Waals surface area contributed by atoms with Crippen LogP contribution in [0.5, 0.6) is 0 Å². The second-order valence-corrected chi connectivity index (χ2v) is 4.75. The Morgan fingerprint density at radius 2 is 2.08 bits per heavy atom. The van der Waals surface area contributed by atoms with Crippen LogP contribution in [0.3, 0.4) is 0 Å². The van der Waals surface area contributed by atoms with Crippen molar-refractivity contribution in [2.75, 3.05) is 19.6 Å². The van der Waals surface area contributed by atoms with Crippen LogP contribution >= 0.6 is 12.2 Å². The third kappa shape index (κ3) is 1.70. The SMILES string of the molecule is S=C([S-])N[C@@H]1CN2CCC1CC2. The number of thiocarbonyl (C=S) groups is 1. The lowest BCUT2D eigenvalue weighted by molar-refractivity contribution is 0.0819. The molecule has 0 unspecified atom stereocenters. The van der Waals surface area contributed by atoms with Gasteiger partial charge in [0.25, 0.3) is 0 Å². The van der Waals surface area contributed by atoms with Crippen molar-refractivity contribution in [3.05, 3.63) is 0 Å². The first-order chi connectivity index (χ1) is 5.75. The average Bonchev–Trinajstić information content (AvgIpc) is 2.05. The van der Waals surface area contributed by atoms with Gasteiger partial charge in [-0.2, -0.15) is 0 Å². The largest absolute Gasteiger partial charge is 0.412 e. The molecule has 1 N–H and O–H groups in total. The Morgan fingerprint density at radius 3 is 2.50 bits per heavy atom. The highest BCUT2D eigenvalue weighted by Crippen LogP contribution is 2.27. The highest BCUT2D eigenvalue weighted by molar-refractivity contribution is 8.00. The maximum atomic E-state index is 4.88. The second-order valence-electron chi connectivity index (χ2n) is 3.68. The Hall–Kier alpha value is 0.0700. The van der Waals surface area contributed by atoms with Gasteiger partial charge in [0.1, 0.15) is 0 Å². The lowest BCUT2D eigenvalue weighted by Gasteiger charge is -2.45. The van der Waals surface area contributed by atoms with E-state index in [9.17, 15) is 0 Å². The molecule has 3 aliphatic heterocycles. The Bertz CT molecular complexity index is 187. The minimum atomic E-state index is 0.536. The fraction of sp³-hybridized carbons (Fsp3) is 0.875. The molecular weight excluding hydrogens is 188 g/mol. The predicted molar refractivity (Wildman–Crippen MR) is 56.1 cm³/mol. The topological polar surface area (TPSA) is 15.3 Å². The van der Waals surface area contributed by atoms with Gasteiger partial charge in [-0.15, -0.1) is 0 Å². The molecule has 3 heterocycles. The predicted octanol–water partition coefficient (Wildman–Crippen LogP) is 0.502. The molecule has 0 aliphatic carbocycles. The molecular formula is C8H13N2S2-. The van der Waals surface area contributed by atoms with E-state index in [0.717, 1.165) is 12.5 Å². The van der Waals surface area contributed by atoms with Gasteiger partial charge in [0.05, 0.1) is 0 Å². The van der Waals surface area contributed by atoms with E-state index < -0.39 is 0 Å². The third-order valence-corrected chi connectivity index (χ3v) is 3.20. The van der Waals surface area contributed by atoms with Crippen molar-refractivity contribution in [3.63, 3.8) is 0 Å². The van der Waals surface area contributed by atoms with Crippen molar-refractivity contribution in [2.24, 2.45) is 5.92 Å². The molecule has 0 spiro atoms. The zero-order valence-electron chi connectivity index (χ0n) is 6.95. The lowest BCUT2D eigenvalue weighted by atomic mass is 9.84. The van der Waals surface area contributed by atoms with Crippen LogP contribution in [0.25, 0.3) is 0 Å². The molecule has 3 fully saturated rings. The average molecular weight is 201 g/mol. The molecule has 68 valence electrons. The standard InChI is InChI=1S/C8H14N2S2/c11-8(12)9-7-5-10-3-1-6(7)2-4-10/h6-7H,1-5H2,(H2,9,11,12)/p-1/t7-/m1/s1. The second kappa shape index (κ2) is 3.44. The van der Waals surface area contributed by atoms with Gasteiger partial charge in [-0.05, 0) is 31.8 Å². The van der Waals surface area contributed by atoms with Gasteiger partial charge in [0, 0.05) is 12.6 Å². The molecule has 12 heavy (non-hydrogen) atoms. The summed E-state index contributed by atoms with van der Waals surface area (Å²) in [5.41, 5.74) is 0. The van der Waals surface area contributed by atoms with Crippen LogP contribution in [0.1, 0.15) is 12.8 Å². The van der Waals surface area contributed by atoms with Crippen molar-refractivity contribution >= 4 is 29.2 Å². The molecule has 1 atom stereocenters. The Balaban J connectivity index is 1.95. The Kier molecular flexibility index (Phi) is 2.48. The van der Waals surface area contributed by atoms with Gasteiger partial charge < -0.3 is 35.1 Å². The first-order valence-corrected chi connectivity index (χ1v) is 5.27. The smallest absolute Gasteiger partial charge is 0.0402 e. The molecule has 2 bridgehead atoms. The fourth-order valence-electron chi connectivity index (χ4n) is 2.28. The van der Waals surface area contributed by atoms with Crippen LogP contribution in [-0.4, -0.2) is 34.9 Å². The summed E-state index contributed by atoms with van der Waals surface area (Å²) < 4.78 is 0.536. The van der Waals surface area contributed by atoms with Crippen molar-refractivity contribution in [2.45, 2.75) is 18.9 Å². The Labute approximate surface area is 84.1 Å². The maximum absolute atomic E-state index is 4.88. The van der Waals surface area contributed by atoms with E-state index in [1.54, 1.807) is 0 Å². The van der Waals surface area contributed by atoms with Gasteiger partial charge in [-0.25, -0.2) is 0 Å². The van der Waals surface area contributed by atoms with Crippen molar-refractivity contribution in [1.82, 2.24) is 10.2 Å². The summed E-state index contributed by atoms with van der Waals surface area (Å²) >= 11 is 9.75. The van der Waals surface area contributed by atoms with Gasteiger partial charge in [0.15, 0.2) is 0 Å². The summed E-state index contributed by atoms with van der Waals surface area (Å²) in [5.74, 6) is 0.816. The molecule has 0 amide bonds. The molecule has 3 rings (SSSR count). The van der Waals surface area contributed by atoms with E-state index >= 15 is 0 Å². The molecule has 3 saturated heterocycles. The van der Waals surface area contributed by atoms with E-state index in [0.29, 0.717) is 10.4 Å². The summed E-state index contributed by atoms with van der Waals surface area (Å²) in [6, 6.07) is 0.539.